The minimum Gasteiger partial charge on any atom is -0.381 e. The van der Waals surface area contributed by atoms with Gasteiger partial charge < -0.3 is 19.1 Å². The maximum Gasteiger partial charge on any atom is 0.239 e. The molecule has 0 N–H and O–H groups in total. The SMILES string of the molecule is Cc1nc2c(N3CCCN(C)CC3)nc(-n3cnc4ccc(Cl)cc43)nc2n1C1CCOCC1. The Morgan fingerprint density at radius 1 is 1.03 bits per heavy atom. The van der Waals surface area contributed by atoms with Crippen molar-refractivity contribution in [3.8, 4) is 5.95 Å². The van der Waals surface area contributed by atoms with Gasteiger partial charge in [-0.05, 0) is 58.0 Å². The van der Waals surface area contributed by atoms with Crippen LogP contribution in [-0.4, -0.2) is 80.4 Å². The molecule has 0 atom stereocenters. The number of benzene rings is 1. The van der Waals surface area contributed by atoms with E-state index in [0.29, 0.717) is 17.0 Å². The number of imidazole rings is 2. The molecule has 0 unspecified atom stereocenters. The van der Waals surface area contributed by atoms with Crippen LogP contribution in [0.15, 0.2) is 24.5 Å². The molecule has 2 saturated heterocycles. The van der Waals surface area contributed by atoms with Crippen molar-refractivity contribution in [2.75, 3.05) is 51.3 Å². The van der Waals surface area contributed by atoms with Gasteiger partial charge >= 0.3 is 0 Å². The van der Waals surface area contributed by atoms with Crippen LogP contribution in [0.4, 0.5) is 5.82 Å². The van der Waals surface area contributed by atoms with Crippen LogP contribution in [0, 0.1) is 6.92 Å². The summed E-state index contributed by atoms with van der Waals surface area (Å²) in [5, 5.41) is 0.661. The van der Waals surface area contributed by atoms with Crippen LogP contribution in [-0.2, 0) is 4.74 Å². The molecule has 4 aromatic rings. The summed E-state index contributed by atoms with van der Waals surface area (Å²) in [5.41, 5.74) is 3.51. The molecule has 1 aromatic carbocycles. The highest BCUT2D eigenvalue weighted by atomic mass is 35.5. The number of hydrogen-bond donors (Lipinski definition) is 0. The van der Waals surface area contributed by atoms with Gasteiger partial charge in [-0.15, -0.1) is 0 Å². The average molecular weight is 481 g/mol. The molecule has 0 radical (unpaired) electrons. The highest BCUT2D eigenvalue weighted by molar-refractivity contribution is 6.31. The van der Waals surface area contributed by atoms with E-state index in [1.165, 1.54) is 0 Å². The standard InChI is InChI=1S/C24H29ClN8O/c1-16-27-21-22(31-9-3-8-30(2)10-11-31)28-24(29-23(21)33(16)18-6-12-34-13-7-18)32-15-26-19-5-4-17(25)14-20(19)32/h4-5,14-15,18H,3,6-13H2,1-2H3. The Hall–Kier alpha value is -2.75. The Bertz CT molecular complexity index is 1340. The number of likely N-dealkylation sites (N-methyl/N-ethyl adjacent to an activating group) is 1. The van der Waals surface area contributed by atoms with Crippen molar-refractivity contribution >= 4 is 39.6 Å². The van der Waals surface area contributed by atoms with E-state index in [9.17, 15) is 0 Å². The van der Waals surface area contributed by atoms with Crippen molar-refractivity contribution in [1.29, 1.82) is 0 Å². The third-order valence-corrected chi connectivity index (χ3v) is 7.22. The molecule has 0 amide bonds. The van der Waals surface area contributed by atoms with Gasteiger partial charge in [-0.25, -0.2) is 9.97 Å². The van der Waals surface area contributed by atoms with Gasteiger partial charge in [-0.1, -0.05) is 11.6 Å². The fourth-order valence-corrected chi connectivity index (χ4v) is 5.33. The van der Waals surface area contributed by atoms with Crippen molar-refractivity contribution < 1.29 is 4.74 Å². The number of hydrogen-bond acceptors (Lipinski definition) is 7. The Kier molecular flexibility index (Phi) is 5.63. The minimum atomic E-state index is 0.318. The van der Waals surface area contributed by atoms with E-state index in [0.717, 1.165) is 92.5 Å². The number of anilines is 1. The van der Waals surface area contributed by atoms with Crippen LogP contribution in [0.2, 0.25) is 5.02 Å². The number of nitrogens with zero attached hydrogens (tertiary/aromatic N) is 8. The lowest BCUT2D eigenvalue weighted by Crippen LogP contribution is -2.30. The maximum absolute atomic E-state index is 6.32. The molecule has 34 heavy (non-hydrogen) atoms. The summed E-state index contributed by atoms with van der Waals surface area (Å²) in [6.07, 6.45) is 4.78. The van der Waals surface area contributed by atoms with Gasteiger partial charge in [0.1, 0.15) is 12.2 Å². The summed E-state index contributed by atoms with van der Waals surface area (Å²) in [4.78, 5) is 24.5. The first-order chi connectivity index (χ1) is 16.6. The number of aryl methyl sites for hydroxylation is 1. The third kappa shape index (κ3) is 3.81. The first-order valence-corrected chi connectivity index (χ1v) is 12.4. The molecule has 0 spiro atoms. The molecule has 2 aliphatic rings. The predicted molar refractivity (Wildman–Crippen MR) is 133 cm³/mol. The Labute approximate surface area is 203 Å². The second-order valence-electron chi connectivity index (χ2n) is 9.28. The summed E-state index contributed by atoms with van der Waals surface area (Å²) in [6, 6.07) is 6.01. The van der Waals surface area contributed by atoms with Gasteiger partial charge in [0.25, 0.3) is 0 Å². The van der Waals surface area contributed by atoms with E-state index >= 15 is 0 Å². The topological polar surface area (TPSA) is 77.1 Å². The Balaban J connectivity index is 1.56. The number of rotatable bonds is 3. The van der Waals surface area contributed by atoms with E-state index in [4.69, 9.17) is 31.3 Å². The minimum absolute atomic E-state index is 0.318. The van der Waals surface area contributed by atoms with Crippen molar-refractivity contribution in [1.82, 2.24) is 34.0 Å². The molecule has 3 aromatic heterocycles. The maximum atomic E-state index is 6.32. The molecule has 6 rings (SSSR count). The van der Waals surface area contributed by atoms with E-state index in [1.54, 1.807) is 6.33 Å². The Morgan fingerprint density at radius 3 is 2.74 bits per heavy atom. The van der Waals surface area contributed by atoms with E-state index in [1.807, 2.05) is 22.8 Å². The number of halogens is 1. The number of ether oxygens (including phenoxy) is 1. The van der Waals surface area contributed by atoms with Crippen LogP contribution in [0.5, 0.6) is 0 Å². The van der Waals surface area contributed by atoms with Gasteiger partial charge in [0, 0.05) is 43.9 Å². The van der Waals surface area contributed by atoms with Gasteiger partial charge in [-0.3, -0.25) is 4.57 Å². The molecular formula is C24H29ClN8O. The lowest BCUT2D eigenvalue weighted by Gasteiger charge is -2.25. The third-order valence-electron chi connectivity index (χ3n) is 6.99. The zero-order valence-electron chi connectivity index (χ0n) is 19.6. The van der Waals surface area contributed by atoms with Crippen molar-refractivity contribution in [3.63, 3.8) is 0 Å². The largest absolute Gasteiger partial charge is 0.381 e. The molecule has 0 bridgehead atoms. The van der Waals surface area contributed by atoms with Gasteiger partial charge in [-0.2, -0.15) is 9.97 Å². The molecule has 10 heteroatoms. The zero-order chi connectivity index (χ0) is 23.2. The van der Waals surface area contributed by atoms with Crippen LogP contribution < -0.4 is 4.90 Å². The summed E-state index contributed by atoms with van der Waals surface area (Å²) < 4.78 is 9.86. The quantitative estimate of drug-likeness (QED) is 0.443. The summed E-state index contributed by atoms with van der Waals surface area (Å²) in [6.45, 7) is 7.51. The lowest BCUT2D eigenvalue weighted by atomic mass is 10.1. The summed E-state index contributed by atoms with van der Waals surface area (Å²) in [5.74, 6) is 2.46. The van der Waals surface area contributed by atoms with E-state index in [-0.39, 0.29) is 0 Å². The van der Waals surface area contributed by atoms with Crippen LogP contribution in [0.1, 0.15) is 31.1 Å². The highest BCUT2D eigenvalue weighted by Crippen LogP contribution is 2.32. The van der Waals surface area contributed by atoms with Crippen molar-refractivity contribution in [3.05, 3.63) is 35.4 Å². The van der Waals surface area contributed by atoms with E-state index < -0.39 is 0 Å². The fraction of sp³-hybridized carbons (Fsp3) is 0.500. The second kappa shape index (κ2) is 8.79. The molecular weight excluding hydrogens is 452 g/mol. The van der Waals surface area contributed by atoms with Crippen LogP contribution >= 0.6 is 11.6 Å². The highest BCUT2D eigenvalue weighted by Gasteiger charge is 2.26. The predicted octanol–water partition coefficient (Wildman–Crippen LogP) is 3.62. The second-order valence-corrected chi connectivity index (χ2v) is 9.72. The average Bonchev–Trinajstić information content (AvgIpc) is 3.33. The first-order valence-electron chi connectivity index (χ1n) is 12.0. The fourth-order valence-electron chi connectivity index (χ4n) is 5.16. The molecule has 0 saturated carbocycles. The molecule has 178 valence electrons. The molecule has 9 nitrogen and oxygen atoms in total. The van der Waals surface area contributed by atoms with Crippen LogP contribution in [0.25, 0.3) is 28.1 Å². The molecule has 2 aliphatic heterocycles. The van der Waals surface area contributed by atoms with Crippen LogP contribution in [0.3, 0.4) is 0 Å². The monoisotopic (exact) mass is 480 g/mol. The number of aromatic nitrogens is 6. The van der Waals surface area contributed by atoms with Crippen molar-refractivity contribution in [2.24, 2.45) is 0 Å². The summed E-state index contributed by atoms with van der Waals surface area (Å²) in [7, 11) is 2.18. The lowest BCUT2D eigenvalue weighted by molar-refractivity contribution is 0.0699. The number of fused-ring (bicyclic) bond motifs is 2. The smallest absolute Gasteiger partial charge is 0.239 e. The molecule has 0 aliphatic carbocycles. The van der Waals surface area contributed by atoms with Crippen molar-refractivity contribution in [2.45, 2.75) is 32.2 Å². The normalized spacial score (nSPS) is 18.7. The Morgan fingerprint density at radius 2 is 1.88 bits per heavy atom. The zero-order valence-corrected chi connectivity index (χ0v) is 20.4. The van der Waals surface area contributed by atoms with Gasteiger partial charge in [0.05, 0.1) is 11.0 Å². The van der Waals surface area contributed by atoms with Gasteiger partial charge in [0.2, 0.25) is 5.95 Å². The summed E-state index contributed by atoms with van der Waals surface area (Å²) >= 11 is 6.32. The van der Waals surface area contributed by atoms with Gasteiger partial charge in [0.15, 0.2) is 17.0 Å². The molecule has 2 fully saturated rings. The first kappa shape index (κ1) is 21.8. The van der Waals surface area contributed by atoms with E-state index in [2.05, 4.69) is 33.3 Å². The molecule has 5 heterocycles.